The van der Waals surface area contributed by atoms with Crippen LogP contribution >= 0.6 is 11.8 Å². The molecule has 0 spiro atoms. The second-order valence-corrected chi connectivity index (χ2v) is 7.18. The van der Waals surface area contributed by atoms with Crippen molar-refractivity contribution in [3.8, 4) is 0 Å². The number of thioether (sulfide) groups is 1. The molecule has 1 unspecified atom stereocenters. The van der Waals surface area contributed by atoms with Gasteiger partial charge in [0.15, 0.2) is 0 Å². The second-order valence-electron chi connectivity index (χ2n) is 6.35. The number of likely N-dealkylation sites (tertiary alicyclic amines) is 1. The molecule has 2 saturated heterocycles. The van der Waals surface area contributed by atoms with Gasteiger partial charge in [0.1, 0.15) is 6.33 Å². The van der Waals surface area contributed by atoms with Gasteiger partial charge in [-0.05, 0) is 62.9 Å². The van der Waals surface area contributed by atoms with Crippen molar-refractivity contribution in [2.24, 2.45) is 11.8 Å². The number of rotatable bonds is 3. The van der Waals surface area contributed by atoms with Crippen LogP contribution in [0.2, 0.25) is 0 Å². The summed E-state index contributed by atoms with van der Waals surface area (Å²) < 4.78 is 0. The normalized spacial score (nSPS) is 26.2. The summed E-state index contributed by atoms with van der Waals surface area (Å²) in [4.78, 5) is 21.8. The number of aromatic nitrogens is 2. The summed E-state index contributed by atoms with van der Waals surface area (Å²) in [5, 5.41) is 13.9. The Morgan fingerprint density at radius 2 is 2.09 bits per heavy atom. The summed E-state index contributed by atoms with van der Waals surface area (Å²) in [6.45, 7) is 2.77. The molecule has 3 rings (SSSR count). The molecule has 0 saturated carbocycles. The van der Waals surface area contributed by atoms with Crippen LogP contribution in [0.1, 0.15) is 37.4 Å². The summed E-state index contributed by atoms with van der Waals surface area (Å²) in [7, 11) is 0. The van der Waals surface area contributed by atoms with Crippen molar-refractivity contribution in [2.75, 3.05) is 25.9 Å². The van der Waals surface area contributed by atoms with Crippen LogP contribution < -0.4 is 5.32 Å². The number of amides is 1. The molecule has 1 amide bonds. The second kappa shape index (κ2) is 7.49. The average molecular weight is 336 g/mol. The summed E-state index contributed by atoms with van der Waals surface area (Å²) in [5.41, 5.74) is 0.838. The molecule has 2 aliphatic rings. The molecule has 7 heteroatoms. The van der Waals surface area contributed by atoms with Crippen molar-refractivity contribution >= 4 is 17.9 Å². The fourth-order valence-corrected chi connectivity index (χ4v) is 4.28. The number of carbonyl (C=O) groups is 1. The van der Waals surface area contributed by atoms with Gasteiger partial charge in [0.25, 0.3) is 0 Å². The Bertz CT molecular complexity index is 551. The lowest BCUT2D eigenvalue weighted by Crippen LogP contribution is -2.43. The van der Waals surface area contributed by atoms with Crippen molar-refractivity contribution in [2.45, 2.75) is 36.8 Å². The molecule has 2 aliphatic heterocycles. The lowest BCUT2D eigenvalue weighted by molar-refractivity contribution is 0.0670. The highest BCUT2D eigenvalue weighted by Crippen LogP contribution is 2.39. The quantitative estimate of drug-likeness (QED) is 0.652. The largest absolute Gasteiger partial charge is 0.465 e. The first kappa shape index (κ1) is 16.5. The first-order valence-corrected chi connectivity index (χ1v) is 9.47. The van der Waals surface area contributed by atoms with E-state index in [-0.39, 0.29) is 6.04 Å². The van der Waals surface area contributed by atoms with Gasteiger partial charge in [0, 0.05) is 6.54 Å². The highest BCUT2D eigenvalue weighted by molar-refractivity contribution is 7.98. The van der Waals surface area contributed by atoms with Crippen molar-refractivity contribution in [3.05, 3.63) is 18.1 Å². The highest BCUT2D eigenvalue weighted by atomic mass is 32.2. The first-order valence-electron chi connectivity index (χ1n) is 8.25. The van der Waals surface area contributed by atoms with Crippen molar-refractivity contribution < 1.29 is 9.90 Å². The zero-order chi connectivity index (χ0) is 16.2. The highest BCUT2D eigenvalue weighted by Gasteiger charge is 2.37. The molecular weight excluding hydrogens is 312 g/mol. The molecule has 0 aliphatic carbocycles. The monoisotopic (exact) mass is 336 g/mol. The summed E-state index contributed by atoms with van der Waals surface area (Å²) in [5.74, 6) is 1.29. The fourth-order valence-electron chi connectivity index (χ4n) is 3.89. The van der Waals surface area contributed by atoms with Crippen molar-refractivity contribution in [3.63, 3.8) is 0 Å². The van der Waals surface area contributed by atoms with Crippen LogP contribution in [-0.4, -0.2) is 52.0 Å². The third-order valence-corrected chi connectivity index (χ3v) is 5.79. The molecule has 23 heavy (non-hydrogen) atoms. The predicted octanol–water partition coefficient (Wildman–Crippen LogP) is 2.63. The Kier molecular flexibility index (Phi) is 5.38. The lowest BCUT2D eigenvalue weighted by atomic mass is 9.76. The molecule has 0 radical (unpaired) electrons. The fraction of sp³-hybridized carbons (Fsp3) is 0.688. The van der Waals surface area contributed by atoms with Crippen LogP contribution in [0.4, 0.5) is 4.79 Å². The number of hydrogen-bond acceptors (Lipinski definition) is 5. The molecule has 1 aromatic rings. The molecule has 1 aromatic heterocycles. The predicted molar refractivity (Wildman–Crippen MR) is 89.6 cm³/mol. The number of nitrogens with one attached hydrogen (secondary N) is 1. The van der Waals surface area contributed by atoms with Crippen LogP contribution in [0.5, 0.6) is 0 Å². The van der Waals surface area contributed by atoms with Crippen LogP contribution in [-0.2, 0) is 0 Å². The van der Waals surface area contributed by atoms with Crippen LogP contribution in [0.3, 0.4) is 0 Å². The van der Waals surface area contributed by atoms with Gasteiger partial charge in [-0.25, -0.2) is 14.8 Å². The minimum Gasteiger partial charge on any atom is -0.465 e. The maximum atomic E-state index is 11.6. The van der Waals surface area contributed by atoms with Crippen LogP contribution in [0, 0.1) is 11.8 Å². The van der Waals surface area contributed by atoms with Gasteiger partial charge in [-0.15, -0.1) is 11.8 Å². The van der Waals surface area contributed by atoms with E-state index in [0.29, 0.717) is 18.4 Å². The zero-order valence-electron chi connectivity index (χ0n) is 13.4. The minimum atomic E-state index is -0.844. The van der Waals surface area contributed by atoms with E-state index >= 15 is 0 Å². The van der Waals surface area contributed by atoms with E-state index in [1.807, 2.05) is 12.3 Å². The number of carboxylic acid groups (broad SMARTS) is 1. The number of nitrogens with zero attached hydrogens (tertiary/aromatic N) is 3. The van der Waals surface area contributed by atoms with E-state index in [1.165, 1.54) is 12.8 Å². The Morgan fingerprint density at radius 1 is 1.30 bits per heavy atom. The standard InChI is InChI=1S/C16H24N4O2S/c1-23-15-9-13(18-10-19-15)14-8-12(4-7-20(14)16(21)22)11-2-5-17-6-3-11/h9-12,14,17H,2-8H2,1H3,(H,21,22)/t12?,14-/m1/s1. The molecule has 126 valence electrons. The lowest BCUT2D eigenvalue weighted by Gasteiger charge is -2.41. The van der Waals surface area contributed by atoms with E-state index in [4.69, 9.17) is 0 Å². The molecule has 2 atom stereocenters. The Morgan fingerprint density at radius 3 is 2.78 bits per heavy atom. The van der Waals surface area contributed by atoms with Crippen molar-refractivity contribution in [1.29, 1.82) is 0 Å². The van der Waals surface area contributed by atoms with Gasteiger partial charge in [-0.2, -0.15) is 0 Å². The zero-order valence-corrected chi connectivity index (χ0v) is 14.3. The Hall–Kier alpha value is -1.34. The maximum Gasteiger partial charge on any atom is 0.407 e. The summed E-state index contributed by atoms with van der Waals surface area (Å²) in [6.07, 6.45) is 6.92. The van der Waals surface area contributed by atoms with Gasteiger partial charge in [0.2, 0.25) is 0 Å². The molecule has 0 aromatic carbocycles. The molecule has 0 bridgehead atoms. The van der Waals surface area contributed by atoms with E-state index in [9.17, 15) is 9.90 Å². The Balaban J connectivity index is 1.80. The topological polar surface area (TPSA) is 78.4 Å². The molecular formula is C16H24N4O2S. The van der Waals surface area contributed by atoms with Gasteiger partial charge in [-0.1, -0.05) is 0 Å². The first-order chi connectivity index (χ1) is 11.2. The third kappa shape index (κ3) is 3.77. The number of hydrogen-bond donors (Lipinski definition) is 2. The van der Waals surface area contributed by atoms with E-state index in [0.717, 1.165) is 36.7 Å². The summed E-state index contributed by atoms with van der Waals surface area (Å²) in [6, 6.07) is 1.80. The SMILES string of the molecule is CSc1cc([C@H]2CC(C3CCNCC3)CCN2C(=O)O)ncn1. The molecule has 6 nitrogen and oxygen atoms in total. The van der Waals surface area contributed by atoms with Gasteiger partial charge < -0.3 is 10.4 Å². The van der Waals surface area contributed by atoms with Crippen LogP contribution in [0.25, 0.3) is 0 Å². The van der Waals surface area contributed by atoms with E-state index in [2.05, 4.69) is 15.3 Å². The smallest absolute Gasteiger partial charge is 0.407 e. The number of piperidine rings is 2. The van der Waals surface area contributed by atoms with E-state index < -0.39 is 6.09 Å². The average Bonchev–Trinajstić information content (AvgIpc) is 2.62. The van der Waals surface area contributed by atoms with Gasteiger partial charge in [0.05, 0.1) is 16.8 Å². The van der Waals surface area contributed by atoms with E-state index in [1.54, 1.807) is 23.0 Å². The van der Waals surface area contributed by atoms with Gasteiger partial charge >= 0.3 is 6.09 Å². The maximum absolute atomic E-state index is 11.6. The van der Waals surface area contributed by atoms with Crippen LogP contribution in [0.15, 0.2) is 17.4 Å². The summed E-state index contributed by atoms with van der Waals surface area (Å²) >= 11 is 1.56. The Labute approximate surface area is 141 Å². The van der Waals surface area contributed by atoms with Crippen molar-refractivity contribution in [1.82, 2.24) is 20.2 Å². The molecule has 2 fully saturated rings. The molecule has 2 N–H and O–H groups in total. The third-order valence-electron chi connectivity index (χ3n) is 5.15. The molecule has 3 heterocycles. The minimum absolute atomic E-state index is 0.143. The van der Waals surface area contributed by atoms with Gasteiger partial charge in [-0.3, -0.25) is 4.90 Å².